The molecule has 154 valence electrons. The molecule has 0 atom stereocenters. The lowest BCUT2D eigenvalue weighted by molar-refractivity contribution is -0.118. The molecule has 0 aromatic heterocycles. The van der Waals surface area contributed by atoms with E-state index in [0.29, 0.717) is 29.3 Å². The van der Waals surface area contributed by atoms with E-state index in [2.05, 4.69) is 22.2 Å². The molecule has 0 saturated carbocycles. The monoisotopic (exact) mass is 397 g/mol. The molecule has 1 N–H and O–H groups in total. The maximum absolute atomic E-state index is 12.5. The Hall–Kier alpha value is -2.90. The summed E-state index contributed by atoms with van der Waals surface area (Å²) >= 11 is 0. The molecule has 3 rings (SSSR count). The van der Waals surface area contributed by atoms with E-state index in [0.717, 1.165) is 26.2 Å². The zero-order valence-electron chi connectivity index (χ0n) is 16.9. The minimum Gasteiger partial charge on any atom is -0.493 e. The Morgan fingerprint density at radius 1 is 0.966 bits per heavy atom. The van der Waals surface area contributed by atoms with Crippen molar-refractivity contribution in [3.63, 3.8) is 0 Å². The lowest BCUT2D eigenvalue weighted by atomic mass is 10.1. The summed E-state index contributed by atoms with van der Waals surface area (Å²) in [7, 11) is 3.64. The Labute approximate surface area is 171 Å². The number of piperazine rings is 1. The van der Waals surface area contributed by atoms with Crippen molar-refractivity contribution in [2.45, 2.75) is 0 Å². The molecule has 1 aliphatic rings. The molecular weight excluding hydrogens is 370 g/mol. The van der Waals surface area contributed by atoms with Crippen LogP contribution >= 0.6 is 0 Å². The third-order valence-electron chi connectivity index (χ3n) is 4.88. The fourth-order valence-electron chi connectivity index (χ4n) is 3.12. The lowest BCUT2D eigenvalue weighted by Gasteiger charge is -2.31. The number of anilines is 1. The van der Waals surface area contributed by atoms with E-state index >= 15 is 0 Å². The number of amides is 1. The first kappa shape index (κ1) is 20.8. The minimum atomic E-state index is -0.285. The van der Waals surface area contributed by atoms with E-state index in [1.54, 1.807) is 43.5 Å². The van der Waals surface area contributed by atoms with Crippen molar-refractivity contribution in [2.24, 2.45) is 0 Å². The van der Waals surface area contributed by atoms with Gasteiger partial charge in [0, 0.05) is 37.4 Å². The minimum absolute atomic E-state index is 0.0898. The number of carbonyl (C=O) groups is 2. The number of ketones is 1. The van der Waals surface area contributed by atoms with Gasteiger partial charge < -0.3 is 19.7 Å². The first-order valence-electron chi connectivity index (χ1n) is 9.65. The van der Waals surface area contributed by atoms with E-state index in [4.69, 9.17) is 9.47 Å². The quantitative estimate of drug-likeness (QED) is 0.689. The Balaban J connectivity index is 1.48. The molecule has 0 radical (unpaired) electrons. The van der Waals surface area contributed by atoms with Crippen molar-refractivity contribution < 1.29 is 19.1 Å². The van der Waals surface area contributed by atoms with Crippen molar-refractivity contribution in [1.29, 1.82) is 0 Å². The van der Waals surface area contributed by atoms with Gasteiger partial charge in [-0.1, -0.05) is 12.1 Å². The maximum Gasteiger partial charge on any atom is 0.262 e. The van der Waals surface area contributed by atoms with E-state index in [1.165, 1.54) is 0 Å². The van der Waals surface area contributed by atoms with Gasteiger partial charge in [-0.25, -0.2) is 0 Å². The van der Waals surface area contributed by atoms with Crippen LogP contribution in [0, 0.1) is 0 Å². The molecule has 2 aromatic carbocycles. The van der Waals surface area contributed by atoms with Crippen LogP contribution in [-0.2, 0) is 4.79 Å². The molecular formula is C22H27N3O4. The largest absolute Gasteiger partial charge is 0.493 e. The van der Waals surface area contributed by atoms with Crippen LogP contribution in [-0.4, -0.2) is 75.0 Å². The van der Waals surface area contributed by atoms with Crippen LogP contribution < -0.4 is 14.8 Å². The summed E-state index contributed by atoms with van der Waals surface area (Å²) in [5.41, 5.74) is 1.27. The summed E-state index contributed by atoms with van der Waals surface area (Å²) in [5.74, 6) is 0.887. The zero-order chi connectivity index (χ0) is 20.6. The summed E-state index contributed by atoms with van der Waals surface area (Å²) < 4.78 is 10.7. The second-order valence-electron chi connectivity index (χ2n) is 7.07. The van der Waals surface area contributed by atoms with Crippen LogP contribution in [0.4, 0.5) is 5.69 Å². The molecule has 1 heterocycles. The number of likely N-dealkylation sites (N-methyl/N-ethyl adjacent to an activating group) is 1. The van der Waals surface area contributed by atoms with Gasteiger partial charge in [0.25, 0.3) is 5.91 Å². The number of ether oxygens (including phenoxy) is 2. The van der Waals surface area contributed by atoms with Gasteiger partial charge in [0.15, 0.2) is 23.9 Å². The normalized spacial score (nSPS) is 15.0. The standard InChI is InChI=1S/C22H27N3O4/c1-24-11-13-25(14-12-24)15-19(26)17-7-9-18(10-8-17)23-22(27)16-29-21-6-4-3-5-20(21)28-2/h3-10H,11-16H2,1-2H3,(H,23,27). The molecule has 1 amide bonds. The Kier molecular flexibility index (Phi) is 7.21. The van der Waals surface area contributed by atoms with Gasteiger partial charge in [-0.2, -0.15) is 0 Å². The van der Waals surface area contributed by atoms with Crippen molar-refractivity contribution in [2.75, 3.05) is 58.8 Å². The number of Topliss-reactive ketones (excluding diaryl/α,β-unsaturated/α-hetero) is 1. The number of hydrogen-bond acceptors (Lipinski definition) is 6. The van der Waals surface area contributed by atoms with Gasteiger partial charge in [0.05, 0.1) is 13.7 Å². The van der Waals surface area contributed by atoms with Gasteiger partial charge in [-0.3, -0.25) is 14.5 Å². The van der Waals surface area contributed by atoms with Gasteiger partial charge in [-0.15, -0.1) is 0 Å². The summed E-state index contributed by atoms with van der Waals surface area (Å²) in [5, 5.41) is 2.77. The fourth-order valence-corrected chi connectivity index (χ4v) is 3.12. The number of hydrogen-bond donors (Lipinski definition) is 1. The molecule has 0 unspecified atom stereocenters. The molecule has 1 fully saturated rings. The average molecular weight is 397 g/mol. The van der Waals surface area contributed by atoms with Crippen LogP contribution in [0.5, 0.6) is 11.5 Å². The summed E-state index contributed by atoms with van der Waals surface area (Å²) in [6.45, 7) is 4.06. The summed E-state index contributed by atoms with van der Waals surface area (Å²) in [4.78, 5) is 29.0. The molecule has 0 aliphatic carbocycles. The highest BCUT2D eigenvalue weighted by Gasteiger charge is 2.17. The highest BCUT2D eigenvalue weighted by Crippen LogP contribution is 2.25. The van der Waals surface area contributed by atoms with Gasteiger partial charge in [0.2, 0.25) is 0 Å². The Bertz CT molecular complexity index is 830. The number of benzene rings is 2. The molecule has 29 heavy (non-hydrogen) atoms. The van der Waals surface area contributed by atoms with Crippen LogP contribution in [0.25, 0.3) is 0 Å². The number of para-hydroxylation sites is 2. The van der Waals surface area contributed by atoms with Crippen molar-refractivity contribution in [3.8, 4) is 11.5 Å². The van der Waals surface area contributed by atoms with E-state index in [-0.39, 0.29) is 18.3 Å². The van der Waals surface area contributed by atoms with Gasteiger partial charge in [0.1, 0.15) is 0 Å². The number of methoxy groups -OCH3 is 1. The Morgan fingerprint density at radius 3 is 2.28 bits per heavy atom. The van der Waals surface area contributed by atoms with Crippen LogP contribution in [0.1, 0.15) is 10.4 Å². The van der Waals surface area contributed by atoms with E-state index in [1.807, 2.05) is 12.1 Å². The van der Waals surface area contributed by atoms with Crippen molar-refractivity contribution in [1.82, 2.24) is 9.80 Å². The molecule has 0 spiro atoms. The molecule has 0 bridgehead atoms. The van der Waals surface area contributed by atoms with Crippen LogP contribution in [0.3, 0.4) is 0 Å². The predicted octanol–water partition coefficient (Wildman–Crippen LogP) is 2.14. The van der Waals surface area contributed by atoms with Gasteiger partial charge in [-0.05, 0) is 43.4 Å². The SMILES string of the molecule is COc1ccccc1OCC(=O)Nc1ccc(C(=O)CN2CCN(C)CC2)cc1. The van der Waals surface area contributed by atoms with Crippen LogP contribution in [0.15, 0.2) is 48.5 Å². The number of carbonyl (C=O) groups excluding carboxylic acids is 2. The number of rotatable bonds is 8. The topological polar surface area (TPSA) is 71.1 Å². The first-order valence-corrected chi connectivity index (χ1v) is 9.65. The lowest BCUT2D eigenvalue weighted by Crippen LogP contribution is -2.46. The molecule has 7 nitrogen and oxygen atoms in total. The number of nitrogens with one attached hydrogen (secondary N) is 1. The summed E-state index contributed by atoms with van der Waals surface area (Å²) in [6.07, 6.45) is 0. The van der Waals surface area contributed by atoms with E-state index < -0.39 is 0 Å². The molecule has 1 aliphatic heterocycles. The smallest absolute Gasteiger partial charge is 0.262 e. The second-order valence-corrected chi connectivity index (χ2v) is 7.07. The highest BCUT2D eigenvalue weighted by molar-refractivity contribution is 5.98. The van der Waals surface area contributed by atoms with Crippen molar-refractivity contribution in [3.05, 3.63) is 54.1 Å². The molecule has 7 heteroatoms. The van der Waals surface area contributed by atoms with Gasteiger partial charge >= 0.3 is 0 Å². The van der Waals surface area contributed by atoms with Crippen LogP contribution in [0.2, 0.25) is 0 Å². The highest BCUT2D eigenvalue weighted by atomic mass is 16.5. The third-order valence-corrected chi connectivity index (χ3v) is 4.88. The van der Waals surface area contributed by atoms with E-state index in [9.17, 15) is 9.59 Å². The second kappa shape index (κ2) is 10.0. The predicted molar refractivity (Wildman–Crippen MR) is 112 cm³/mol. The first-order chi connectivity index (χ1) is 14.0. The summed E-state index contributed by atoms with van der Waals surface area (Å²) in [6, 6.07) is 14.1. The van der Waals surface area contributed by atoms with Crippen molar-refractivity contribution >= 4 is 17.4 Å². The maximum atomic E-state index is 12.5. The average Bonchev–Trinajstić information content (AvgIpc) is 2.74. The molecule has 2 aromatic rings. The fraction of sp³-hybridized carbons (Fsp3) is 0.364. The Morgan fingerprint density at radius 2 is 1.62 bits per heavy atom. The zero-order valence-corrected chi connectivity index (χ0v) is 16.9. The number of nitrogens with zero attached hydrogens (tertiary/aromatic N) is 2. The third kappa shape index (κ3) is 6.04. The molecule has 1 saturated heterocycles.